The Hall–Kier alpha value is 0.190. The van der Waals surface area contributed by atoms with Gasteiger partial charge in [-0.15, -0.1) is 0 Å². The summed E-state index contributed by atoms with van der Waals surface area (Å²) < 4.78 is 17.8. The minimum absolute atomic E-state index is 0.569. The largest absolute Gasteiger partial charge is 0.328 e. The maximum Gasteiger partial charge on any atom is 0.203 e. The van der Waals surface area contributed by atoms with Gasteiger partial charge in [-0.2, -0.15) is 0 Å². The van der Waals surface area contributed by atoms with E-state index in [1.54, 1.807) is 0 Å². The molecule has 1 rings (SSSR count). The lowest BCUT2D eigenvalue weighted by Crippen LogP contribution is -2.01. The van der Waals surface area contributed by atoms with Crippen LogP contribution in [-0.2, 0) is 9.09 Å². The summed E-state index contributed by atoms with van der Waals surface area (Å²) in [7, 11) is -2.24. The van der Waals surface area contributed by atoms with E-state index in [0.29, 0.717) is 24.4 Å². The highest BCUT2D eigenvalue weighted by Crippen LogP contribution is 2.57. The van der Waals surface area contributed by atoms with Gasteiger partial charge < -0.3 is 4.52 Å². The van der Waals surface area contributed by atoms with Crippen LogP contribution in [0.15, 0.2) is 0 Å². The fraction of sp³-hybridized carbons (Fsp3) is 1.00. The molecule has 0 radical (unpaired) electrons. The van der Waals surface area contributed by atoms with E-state index in [-0.39, 0.29) is 0 Å². The lowest BCUT2D eigenvalue weighted by molar-refractivity contribution is 0.290. The van der Waals surface area contributed by atoms with Crippen molar-refractivity contribution in [3.63, 3.8) is 0 Å². The molecule has 1 aliphatic heterocycles. The van der Waals surface area contributed by atoms with E-state index in [0.717, 1.165) is 18.7 Å². The van der Waals surface area contributed by atoms with Gasteiger partial charge in [0.25, 0.3) is 0 Å². The summed E-state index contributed by atoms with van der Waals surface area (Å²) in [5, 5.41) is 0. The summed E-state index contributed by atoms with van der Waals surface area (Å²) in [4.78, 5) is 0. The highest BCUT2D eigenvalue weighted by atomic mass is 31.2. The van der Waals surface area contributed by atoms with Gasteiger partial charge in [-0.05, 0) is 24.2 Å². The summed E-state index contributed by atoms with van der Waals surface area (Å²) in [6, 6.07) is 0. The zero-order valence-electron chi connectivity index (χ0n) is 9.82. The number of hydrogen-bond acceptors (Lipinski definition) is 2. The highest BCUT2D eigenvalue weighted by Gasteiger charge is 2.37. The van der Waals surface area contributed by atoms with Gasteiger partial charge in [-0.3, -0.25) is 4.57 Å². The Morgan fingerprint density at radius 3 is 2.21 bits per heavy atom. The molecular formula is C11H23O2P. The van der Waals surface area contributed by atoms with Gasteiger partial charge >= 0.3 is 0 Å². The van der Waals surface area contributed by atoms with Crippen LogP contribution < -0.4 is 0 Å². The van der Waals surface area contributed by atoms with Crippen LogP contribution in [0.2, 0.25) is 0 Å². The Morgan fingerprint density at radius 2 is 1.79 bits per heavy atom. The van der Waals surface area contributed by atoms with Crippen molar-refractivity contribution in [2.24, 2.45) is 17.8 Å². The molecule has 14 heavy (non-hydrogen) atoms. The van der Waals surface area contributed by atoms with Crippen LogP contribution in [0.5, 0.6) is 0 Å². The standard InChI is InChI=1S/C11H23O2P/c1-9(2)5-6-13-14(12)7-10(3)11(4)8-14/h9-11H,5-8H2,1-4H3. The van der Waals surface area contributed by atoms with E-state index in [1.807, 2.05) is 0 Å². The van der Waals surface area contributed by atoms with E-state index in [4.69, 9.17) is 4.52 Å². The molecule has 1 aliphatic rings. The molecule has 2 unspecified atom stereocenters. The van der Waals surface area contributed by atoms with Crippen molar-refractivity contribution in [1.29, 1.82) is 0 Å². The van der Waals surface area contributed by atoms with Crippen molar-refractivity contribution < 1.29 is 9.09 Å². The second-order valence-corrected chi connectivity index (χ2v) is 7.77. The third-order valence-electron chi connectivity index (χ3n) is 3.13. The van der Waals surface area contributed by atoms with Gasteiger partial charge in [0.15, 0.2) is 0 Å². The van der Waals surface area contributed by atoms with Crippen LogP contribution >= 0.6 is 7.37 Å². The zero-order valence-corrected chi connectivity index (χ0v) is 10.7. The third kappa shape index (κ3) is 3.40. The smallest absolute Gasteiger partial charge is 0.203 e. The van der Waals surface area contributed by atoms with Gasteiger partial charge in [0.2, 0.25) is 7.37 Å². The predicted octanol–water partition coefficient (Wildman–Crippen LogP) is 3.61. The first kappa shape index (κ1) is 12.3. The minimum Gasteiger partial charge on any atom is -0.328 e. The number of rotatable bonds is 4. The Morgan fingerprint density at radius 1 is 1.29 bits per heavy atom. The molecular weight excluding hydrogens is 195 g/mol. The fourth-order valence-electron chi connectivity index (χ4n) is 1.87. The zero-order chi connectivity index (χ0) is 10.8. The summed E-state index contributed by atoms with van der Waals surface area (Å²) in [6.07, 6.45) is 2.62. The van der Waals surface area contributed by atoms with E-state index in [9.17, 15) is 4.57 Å². The molecule has 0 aromatic heterocycles. The molecule has 2 nitrogen and oxygen atoms in total. The molecule has 0 bridgehead atoms. The van der Waals surface area contributed by atoms with Crippen LogP contribution in [0.25, 0.3) is 0 Å². The lowest BCUT2D eigenvalue weighted by Gasteiger charge is -2.13. The van der Waals surface area contributed by atoms with Crippen molar-refractivity contribution in [2.75, 3.05) is 18.9 Å². The molecule has 1 saturated heterocycles. The van der Waals surface area contributed by atoms with Gasteiger partial charge in [0.05, 0.1) is 6.61 Å². The molecule has 2 atom stereocenters. The first-order valence-electron chi connectivity index (χ1n) is 5.65. The second-order valence-electron chi connectivity index (χ2n) is 5.15. The van der Waals surface area contributed by atoms with Gasteiger partial charge in [-0.25, -0.2) is 0 Å². The van der Waals surface area contributed by atoms with Crippen LogP contribution in [0.4, 0.5) is 0 Å². The Bertz CT molecular complexity index is 211. The highest BCUT2D eigenvalue weighted by molar-refractivity contribution is 7.59. The molecule has 0 aromatic rings. The third-order valence-corrected chi connectivity index (χ3v) is 6.04. The van der Waals surface area contributed by atoms with E-state index >= 15 is 0 Å². The maximum absolute atomic E-state index is 12.2. The normalized spacial score (nSPS) is 38.1. The van der Waals surface area contributed by atoms with Crippen LogP contribution in [-0.4, -0.2) is 18.9 Å². The number of hydrogen-bond donors (Lipinski definition) is 0. The Labute approximate surface area is 87.9 Å². The van der Waals surface area contributed by atoms with Crippen molar-refractivity contribution in [3.05, 3.63) is 0 Å². The van der Waals surface area contributed by atoms with Crippen molar-refractivity contribution in [2.45, 2.75) is 34.1 Å². The van der Waals surface area contributed by atoms with E-state index < -0.39 is 7.37 Å². The molecule has 84 valence electrons. The van der Waals surface area contributed by atoms with Crippen molar-refractivity contribution in [3.8, 4) is 0 Å². The fourth-order valence-corrected chi connectivity index (χ4v) is 5.15. The molecule has 1 fully saturated rings. The van der Waals surface area contributed by atoms with Crippen LogP contribution in [0, 0.1) is 17.8 Å². The summed E-state index contributed by atoms with van der Waals surface area (Å²) in [5.74, 6) is 1.78. The average Bonchev–Trinajstić information content (AvgIpc) is 2.25. The topological polar surface area (TPSA) is 26.3 Å². The molecule has 0 aliphatic carbocycles. The van der Waals surface area contributed by atoms with Gasteiger partial charge in [-0.1, -0.05) is 27.7 Å². The summed E-state index contributed by atoms with van der Waals surface area (Å²) >= 11 is 0. The Kier molecular flexibility index (Phi) is 4.21. The molecule has 0 N–H and O–H groups in total. The molecule has 0 saturated carbocycles. The van der Waals surface area contributed by atoms with Crippen molar-refractivity contribution in [1.82, 2.24) is 0 Å². The predicted molar refractivity (Wildman–Crippen MR) is 61.1 cm³/mol. The van der Waals surface area contributed by atoms with Crippen LogP contribution in [0.1, 0.15) is 34.1 Å². The molecule has 0 spiro atoms. The molecule has 0 amide bonds. The minimum atomic E-state index is -2.24. The molecule has 0 aromatic carbocycles. The summed E-state index contributed by atoms with van der Waals surface area (Å²) in [5.41, 5.74) is 0. The van der Waals surface area contributed by atoms with Gasteiger partial charge in [0.1, 0.15) is 0 Å². The second kappa shape index (κ2) is 4.81. The maximum atomic E-state index is 12.2. The quantitative estimate of drug-likeness (QED) is 0.674. The van der Waals surface area contributed by atoms with E-state index in [1.165, 1.54) is 0 Å². The lowest BCUT2D eigenvalue weighted by atomic mass is 10.0. The first-order valence-corrected chi connectivity index (χ1v) is 7.65. The van der Waals surface area contributed by atoms with Crippen LogP contribution in [0.3, 0.4) is 0 Å². The Balaban J connectivity index is 2.34. The molecule has 3 heteroatoms. The average molecular weight is 218 g/mol. The first-order chi connectivity index (χ1) is 6.43. The summed E-state index contributed by atoms with van der Waals surface area (Å²) in [6.45, 7) is 9.36. The SMILES string of the molecule is CC(C)CCOP1(=O)CC(C)C(C)C1. The van der Waals surface area contributed by atoms with Gasteiger partial charge in [0, 0.05) is 12.3 Å². The monoisotopic (exact) mass is 218 g/mol. The van der Waals surface area contributed by atoms with Crippen molar-refractivity contribution >= 4 is 7.37 Å². The van der Waals surface area contributed by atoms with E-state index in [2.05, 4.69) is 27.7 Å². The molecule has 1 heterocycles.